The first-order valence-corrected chi connectivity index (χ1v) is 13.5. The number of nitriles is 1. The van der Waals surface area contributed by atoms with Crippen LogP contribution in [-0.4, -0.2) is 44.9 Å². The molecule has 3 aromatic rings. The molecule has 2 heterocycles. The molecule has 0 saturated carbocycles. The summed E-state index contributed by atoms with van der Waals surface area (Å²) in [7, 11) is 0. The van der Waals surface area contributed by atoms with E-state index in [-0.39, 0.29) is 28.8 Å². The van der Waals surface area contributed by atoms with Crippen LogP contribution in [0, 0.1) is 16.7 Å². The lowest BCUT2D eigenvalue weighted by Gasteiger charge is -2.28. The summed E-state index contributed by atoms with van der Waals surface area (Å²) in [5.41, 5.74) is 3.21. The van der Waals surface area contributed by atoms with Gasteiger partial charge in [-0.05, 0) is 67.1 Å². The van der Waals surface area contributed by atoms with Gasteiger partial charge in [0.1, 0.15) is 11.6 Å². The van der Waals surface area contributed by atoms with Gasteiger partial charge in [0.05, 0.1) is 17.1 Å². The number of carbonyl (C=O) groups is 2. The summed E-state index contributed by atoms with van der Waals surface area (Å²) in [6, 6.07) is 14.8. The molecule has 0 radical (unpaired) electrons. The molecular weight excluding hydrogens is 512 g/mol. The molecule has 0 spiro atoms. The van der Waals surface area contributed by atoms with E-state index in [2.05, 4.69) is 51.0 Å². The van der Waals surface area contributed by atoms with Crippen LogP contribution in [0.5, 0.6) is 0 Å². The van der Waals surface area contributed by atoms with Gasteiger partial charge in [-0.15, -0.1) is 0 Å². The Kier molecular flexibility index (Phi) is 8.43. The van der Waals surface area contributed by atoms with Crippen molar-refractivity contribution in [2.45, 2.75) is 65.7 Å². The number of nitrogens with zero attached hydrogens (tertiary/aromatic N) is 4. The van der Waals surface area contributed by atoms with Crippen molar-refractivity contribution in [1.29, 1.82) is 5.26 Å². The van der Waals surface area contributed by atoms with E-state index in [1.165, 1.54) is 0 Å². The minimum absolute atomic E-state index is 0.0738. The van der Waals surface area contributed by atoms with Gasteiger partial charge in [0.15, 0.2) is 0 Å². The van der Waals surface area contributed by atoms with E-state index in [0.717, 1.165) is 29.4 Å². The Morgan fingerprint density at radius 2 is 1.95 bits per heavy atom. The van der Waals surface area contributed by atoms with Crippen molar-refractivity contribution < 1.29 is 9.59 Å². The number of carbonyl (C=O) groups excluding carboxylic acids is 2. The van der Waals surface area contributed by atoms with E-state index >= 15 is 0 Å². The van der Waals surface area contributed by atoms with Crippen molar-refractivity contribution in [3.05, 3.63) is 70.8 Å². The van der Waals surface area contributed by atoms with Crippen molar-refractivity contribution in [3.63, 3.8) is 0 Å². The highest BCUT2D eigenvalue weighted by atomic mass is 35.5. The Labute approximate surface area is 234 Å². The van der Waals surface area contributed by atoms with Gasteiger partial charge < -0.3 is 14.8 Å². The van der Waals surface area contributed by atoms with Crippen LogP contribution < -0.4 is 10.6 Å². The largest absolute Gasteiger partial charge is 0.333 e. The van der Waals surface area contributed by atoms with Gasteiger partial charge >= 0.3 is 0 Å². The number of amides is 2. The third-order valence-electron chi connectivity index (χ3n) is 7.48. The minimum Gasteiger partial charge on any atom is -0.333 e. The molecule has 1 fully saturated rings. The Bertz CT molecular complexity index is 1430. The molecule has 39 heavy (non-hydrogen) atoms. The molecule has 1 aromatic heterocycles. The highest BCUT2D eigenvalue weighted by molar-refractivity contribution is 6.30. The number of hydrogen-bond donors (Lipinski definition) is 2. The second-order valence-electron chi connectivity index (χ2n) is 11.2. The Morgan fingerprint density at radius 3 is 2.62 bits per heavy atom. The molecular formula is C30H35ClN6O2. The molecule has 1 unspecified atom stereocenters. The molecule has 1 saturated heterocycles. The lowest BCUT2D eigenvalue weighted by molar-refractivity contribution is -0.127. The number of fused-ring (bicyclic) bond motifs is 1. The molecule has 1 aliphatic rings. The van der Waals surface area contributed by atoms with Gasteiger partial charge in [0.25, 0.3) is 11.8 Å². The fourth-order valence-electron chi connectivity index (χ4n) is 4.64. The summed E-state index contributed by atoms with van der Waals surface area (Å²) in [4.78, 5) is 32.4. The molecule has 2 amide bonds. The first kappa shape index (κ1) is 28.3. The maximum atomic E-state index is 13.1. The van der Waals surface area contributed by atoms with Crippen molar-refractivity contribution in [2.75, 3.05) is 11.9 Å². The highest BCUT2D eigenvalue weighted by Crippen LogP contribution is 2.27. The molecule has 2 N–H and O–H groups in total. The van der Waals surface area contributed by atoms with E-state index in [1.54, 1.807) is 29.2 Å². The number of anilines is 1. The monoisotopic (exact) mass is 546 g/mol. The number of likely N-dealkylation sites (tertiary alicyclic amines) is 1. The summed E-state index contributed by atoms with van der Waals surface area (Å²) in [5, 5.41) is 16.3. The zero-order valence-electron chi connectivity index (χ0n) is 22.9. The molecule has 9 heteroatoms. The fourth-order valence-corrected chi connectivity index (χ4v) is 4.77. The van der Waals surface area contributed by atoms with E-state index in [9.17, 15) is 14.9 Å². The van der Waals surface area contributed by atoms with E-state index < -0.39 is 0 Å². The SMILES string of the molecule is C=C(C#N)C(=O)N1CCCC1Cn1c(NC(=O)c2ccc(Cl)cc2)nc2cc(CN[C@@H](C)C(C)(C)C)ccc21. The zero-order chi connectivity index (χ0) is 28.3. The maximum absolute atomic E-state index is 13.1. The average molecular weight is 547 g/mol. The summed E-state index contributed by atoms with van der Waals surface area (Å²) in [6.45, 7) is 14.1. The maximum Gasteiger partial charge on any atom is 0.264 e. The first-order chi connectivity index (χ1) is 18.5. The second-order valence-corrected chi connectivity index (χ2v) is 11.6. The van der Waals surface area contributed by atoms with Crippen LogP contribution in [0.4, 0.5) is 5.95 Å². The summed E-state index contributed by atoms with van der Waals surface area (Å²) in [6.07, 6.45) is 1.61. The van der Waals surface area contributed by atoms with E-state index in [1.807, 2.05) is 22.8 Å². The minimum atomic E-state index is -0.350. The third kappa shape index (κ3) is 6.49. The summed E-state index contributed by atoms with van der Waals surface area (Å²) < 4.78 is 1.95. The average Bonchev–Trinajstić information content (AvgIpc) is 3.50. The number of aromatic nitrogens is 2. The number of nitrogens with one attached hydrogen (secondary N) is 2. The zero-order valence-corrected chi connectivity index (χ0v) is 23.7. The standard InChI is InChI=1S/C30H35ClN6O2/c1-19(16-32)28(39)36-14-6-7-24(36)18-37-26-13-8-21(17-33-20(2)30(3,4)5)15-25(26)34-29(37)35-27(38)22-9-11-23(31)12-10-22/h8-13,15,20,24,33H,1,6-7,14,17-18H2,2-5H3,(H,34,35,38)/t20-,24?/m0/s1. The Morgan fingerprint density at radius 1 is 1.23 bits per heavy atom. The topological polar surface area (TPSA) is 103 Å². The lowest BCUT2D eigenvalue weighted by Crippen LogP contribution is -2.38. The van der Waals surface area contributed by atoms with Crippen LogP contribution in [-0.2, 0) is 17.9 Å². The lowest BCUT2D eigenvalue weighted by atomic mass is 9.88. The van der Waals surface area contributed by atoms with Gasteiger partial charge in [-0.1, -0.05) is 45.0 Å². The predicted octanol–water partition coefficient (Wildman–Crippen LogP) is 5.54. The van der Waals surface area contributed by atoms with Gasteiger partial charge in [-0.25, -0.2) is 4.98 Å². The van der Waals surface area contributed by atoms with Crippen LogP contribution in [0.1, 0.15) is 56.5 Å². The molecule has 4 rings (SSSR count). The van der Waals surface area contributed by atoms with Crippen LogP contribution in [0.2, 0.25) is 5.02 Å². The molecule has 204 valence electrons. The first-order valence-electron chi connectivity index (χ1n) is 13.2. The molecule has 0 aliphatic carbocycles. The summed E-state index contributed by atoms with van der Waals surface area (Å²) in [5.74, 6) is -0.254. The van der Waals surface area contributed by atoms with Crippen LogP contribution in [0.25, 0.3) is 11.0 Å². The molecule has 0 bridgehead atoms. The van der Waals surface area contributed by atoms with Gasteiger partial charge in [0.2, 0.25) is 5.95 Å². The highest BCUT2D eigenvalue weighted by Gasteiger charge is 2.31. The fraction of sp³-hybridized carbons (Fsp3) is 0.400. The summed E-state index contributed by atoms with van der Waals surface area (Å²) >= 11 is 6.00. The van der Waals surface area contributed by atoms with Crippen molar-refractivity contribution in [3.8, 4) is 6.07 Å². The smallest absolute Gasteiger partial charge is 0.264 e. The molecule has 8 nitrogen and oxygen atoms in total. The quantitative estimate of drug-likeness (QED) is 0.285. The van der Waals surface area contributed by atoms with E-state index in [4.69, 9.17) is 16.6 Å². The van der Waals surface area contributed by atoms with Gasteiger partial charge in [0, 0.05) is 36.3 Å². The Balaban J connectivity index is 1.66. The van der Waals surface area contributed by atoms with Crippen LogP contribution in [0.15, 0.2) is 54.6 Å². The van der Waals surface area contributed by atoms with Gasteiger partial charge in [-0.3, -0.25) is 14.9 Å². The number of hydrogen-bond acceptors (Lipinski definition) is 5. The Hall–Kier alpha value is -3.67. The number of rotatable bonds is 8. The van der Waals surface area contributed by atoms with Crippen LogP contribution >= 0.6 is 11.6 Å². The van der Waals surface area contributed by atoms with Crippen molar-refractivity contribution in [1.82, 2.24) is 19.8 Å². The van der Waals surface area contributed by atoms with Crippen molar-refractivity contribution >= 4 is 40.4 Å². The van der Waals surface area contributed by atoms with E-state index in [0.29, 0.717) is 42.2 Å². The van der Waals surface area contributed by atoms with Crippen LogP contribution in [0.3, 0.4) is 0 Å². The van der Waals surface area contributed by atoms with Crippen molar-refractivity contribution in [2.24, 2.45) is 5.41 Å². The molecule has 2 atom stereocenters. The third-order valence-corrected chi connectivity index (χ3v) is 7.73. The number of benzene rings is 2. The number of halogens is 1. The van der Waals surface area contributed by atoms with Gasteiger partial charge in [-0.2, -0.15) is 5.26 Å². The normalized spacial score (nSPS) is 16.2. The molecule has 2 aromatic carbocycles. The second kappa shape index (κ2) is 11.6. The predicted molar refractivity (Wildman–Crippen MR) is 154 cm³/mol. The number of imidazole rings is 1. The molecule has 1 aliphatic heterocycles.